The monoisotopic (exact) mass is 530 g/mol. The maximum atomic E-state index is 13.0. The van der Waals surface area contributed by atoms with Gasteiger partial charge in [-0.25, -0.2) is 9.55 Å². The van der Waals surface area contributed by atoms with Gasteiger partial charge in [0.2, 0.25) is 0 Å². The van der Waals surface area contributed by atoms with Crippen molar-refractivity contribution in [3.05, 3.63) is 52.3 Å². The molecule has 0 spiro atoms. The number of hydrogen-bond acceptors (Lipinski definition) is 11. The second-order valence-corrected chi connectivity index (χ2v) is 10.6. The largest absolute Gasteiger partial charge is 0.543 e. The summed E-state index contributed by atoms with van der Waals surface area (Å²) in [4.78, 5) is 47.8. The predicted molar refractivity (Wildman–Crippen MR) is 129 cm³/mol. The first kappa shape index (κ1) is 23.3. The summed E-state index contributed by atoms with van der Waals surface area (Å²) in [6, 6.07) is 3.02. The Morgan fingerprint density at radius 1 is 1.40 bits per heavy atom. The lowest BCUT2D eigenvalue weighted by molar-refractivity contribution is -0.687. The number of nitrogens with zero attached hydrogens (tertiary/aromatic N) is 4. The molecule has 0 aromatic carbocycles. The van der Waals surface area contributed by atoms with Crippen molar-refractivity contribution in [1.29, 1.82) is 0 Å². The highest BCUT2D eigenvalue weighted by atomic mass is 32.2. The first-order chi connectivity index (χ1) is 16.9. The van der Waals surface area contributed by atoms with Crippen molar-refractivity contribution >= 4 is 73.1 Å². The van der Waals surface area contributed by atoms with Crippen LogP contribution in [0.15, 0.2) is 51.7 Å². The molecular formula is C21H18N6O5S3. The molecule has 5 heterocycles. The van der Waals surface area contributed by atoms with E-state index in [1.54, 1.807) is 16.7 Å². The second-order valence-electron chi connectivity index (χ2n) is 7.65. The molecule has 0 bridgehead atoms. The fraction of sp³-hybridized carbons (Fsp3) is 0.238. The van der Waals surface area contributed by atoms with Crippen LogP contribution in [0.2, 0.25) is 0 Å². The summed E-state index contributed by atoms with van der Waals surface area (Å²) < 4.78 is 3.01. The van der Waals surface area contributed by atoms with Crippen LogP contribution in [-0.4, -0.2) is 57.7 Å². The van der Waals surface area contributed by atoms with Gasteiger partial charge in [-0.3, -0.25) is 14.5 Å². The summed E-state index contributed by atoms with van der Waals surface area (Å²) in [5, 5.41) is 22.6. The molecule has 180 valence electrons. The minimum absolute atomic E-state index is 0.135. The Morgan fingerprint density at radius 2 is 2.23 bits per heavy atom. The van der Waals surface area contributed by atoms with E-state index in [2.05, 4.69) is 15.5 Å². The number of β-lactam (4-membered cyclic amide) rings is 1. The van der Waals surface area contributed by atoms with E-state index < -0.39 is 29.2 Å². The topological polar surface area (TPSA) is 154 Å². The van der Waals surface area contributed by atoms with Crippen molar-refractivity contribution in [2.24, 2.45) is 5.16 Å². The van der Waals surface area contributed by atoms with Gasteiger partial charge in [-0.05, 0) is 11.4 Å². The van der Waals surface area contributed by atoms with Crippen LogP contribution in [-0.2, 0) is 25.8 Å². The van der Waals surface area contributed by atoms with Crippen LogP contribution < -0.4 is 20.7 Å². The van der Waals surface area contributed by atoms with Gasteiger partial charge in [-0.15, -0.1) is 34.4 Å². The van der Waals surface area contributed by atoms with Crippen molar-refractivity contribution in [3.8, 4) is 0 Å². The average molecular weight is 531 g/mol. The highest BCUT2D eigenvalue weighted by molar-refractivity contribution is 8.00. The standard InChI is InChI=1S/C21H18N6O5S3/c1-32-25-14(12-9-35-21(22)23-12)17(28)24-15-18(29)27-16(20(30)31)11(8-34-19(15)27)7-26-4-2-13-10(6-26)3-5-33-13/h2-6,9,15,19H,7-8H2,1H3,(H3-,22,23,24,28,30,31)/t15?,19-/m0/s1. The van der Waals surface area contributed by atoms with Crippen LogP contribution in [0.4, 0.5) is 5.13 Å². The lowest BCUT2D eigenvalue weighted by Crippen LogP contribution is -2.71. The molecule has 5 rings (SSSR count). The molecule has 3 N–H and O–H groups in total. The molecule has 2 aliphatic heterocycles. The third kappa shape index (κ3) is 4.24. The average Bonchev–Trinajstić information content (AvgIpc) is 3.48. The number of nitrogens with one attached hydrogen (secondary N) is 1. The van der Waals surface area contributed by atoms with Crippen molar-refractivity contribution in [3.63, 3.8) is 0 Å². The first-order valence-corrected chi connectivity index (χ1v) is 13.1. The van der Waals surface area contributed by atoms with Crippen LogP contribution >= 0.6 is 34.4 Å². The SMILES string of the molecule is CON=C(C(=O)NC1C(=O)N2C(C(=O)[O-])=C(C[n+]3ccc4sccc4c3)CS[C@@H]12)c1csc(N)n1. The highest BCUT2D eigenvalue weighted by Crippen LogP contribution is 2.40. The molecule has 2 amide bonds. The fourth-order valence-electron chi connectivity index (χ4n) is 3.97. The zero-order valence-corrected chi connectivity index (χ0v) is 20.6. The normalized spacial score (nSPS) is 20.0. The summed E-state index contributed by atoms with van der Waals surface area (Å²) in [6.07, 6.45) is 3.81. The smallest absolute Gasteiger partial charge is 0.276 e. The molecule has 3 aromatic rings. The Hall–Kier alpha value is -3.49. The van der Waals surface area contributed by atoms with Crippen LogP contribution in [0.3, 0.4) is 0 Å². The van der Waals surface area contributed by atoms with Crippen molar-refractivity contribution in [2.75, 3.05) is 18.6 Å². The maximum absolute atomic E-state index is 13.0. The molecule has 14 heteroatoms. The van der Waals surface area contributed by atoms with Crippen molar-refractivity contribution in [2.45, 2.75) is 18.0 Å². The van der Waals surface area contributed by atoms with Gasteiger partial charge >= 0.3 is 0 Å². The zero-order valence-electron chi connectivity index (χ0n) is 18.2. The predicted octanol–water partition coefficient (Wildman–Crippen LogP) is -0.318. The molecule has 1 saturated heterocycles. The molecular weight excluding hydrogens is 512 g/mol. The molecule has 0 saturated carbocycles. The van der Waals surface area contributed by atoms with Crippen LogP contribution in [0.25, 0.3) is 10.1 Å². The lowest BCUT2D eigenvalue weighted by Gasteiger charge is -2.50. The summed E-state index contributed by atoms with van der Waals surface area (Å²) in [7, 11) is 1.28. The van der Waals surface area contributed by atoms with Crippen molar-refractivity contribution < 1.29 is 28.9 Å². The van der Waals surface area contributed by atoms with Gasteiger partial charge in [0.15, 0.2) is 29.8 Å². The Kier molecular flexibility index (Phi) is 6.17. The van der Waals surface area contributed by atoms with E-state index in [-0.39, 0.29) is 22.2 Å². The third-order valence-electron chi connectivity index (χ3n) is 5.51. The fourth-order valence-corrected chi connectivity index (χ4v) is 6.61. The lowest BCUT2D eigenvalue weighted by atomic mass is 10.0. The molecule has 35 heavy (non-hydrogen) atoms. The Bertz CT molecular complexity index is 1410. The Labute approximate surface area is 210 Å². The number of anilines is 1. The number of aliphatic carboxylic acids is 1. The summed E-state index contributed by atoms with van der Waals surface area (Å²) in [5.41, 5.74) is 6.13. The molecule has 2 aliphatic rings. The summed E-state index contributed by atoms with van der Waals surface area (Å²) in [5.74, 6) is -2.29. The summed E-state index contributed by atoms with van der Waals surface area (Å²) in [6.45, 7) is 0.297. The van der Waals surface area contributed by atoms with E-state index in [9.17, 15) is 19.5 Å². The van der Waals surface area contributed by atoms with Crippen LogP contribution in [0.5, 0.6) is 0 Å². The number of aromatic nitrogens is 2. The molecule has 3 aromatic heterocycles. The van der Waals surface area contributed by atoms with Gasteiger partial charge in [0, 0.05) is 27.5 Å². The van der Waals surface area contributed by atoms with Gasteiger partial charge in [0.05, 0.1) is 17.1 Å². The van der Waals surface area contributed by atoms with E-state index >= 15 is 0 Å². The minimum Gasteiger partial charge on any atom is -0.543 e. The quantitative estimate of drug-likeness (QED) is 0.182. The first-order valence-electron chi connectivity index (χ1n) is 10.2. The number of thioether (sulfide) groups is 1. The summed E-state index contributed by atoms with van der Waals surface area (Å²) >= 11 is 4.12. The Morgan fingerprint density at radius 3 is 2.94 bits per heavy atom. The van der Waals surface area contributed by atoms with E-state index in [1.807, 2.05) is 34.5 Å². The number of nitrogens with two attached hydrogens (primary N) is 1. The molecule has 11 nitrogen and oxygen atoms in total. The number of carbonyl (C=O) groups is 3. The number of carboxylic acids is 1. The van der Waals surface area contributed by atoms with Gasteiger partial charge < -0.3 is 25.8 Å². The van der Waals surface area contributed by atoms with E-state index in [1.165, 1.54) is 23.8 Å². The van der Waals surface area contributed by atoms with E-state index in [0.29, 0.717) is 17.9 Å². The Balaban J connectivity index is 1.36. The highest BCUT2D eigenvalue weighted by Gasteiger charge is 2.53. The van der Waals surface area contributed by atoms with Gasteiger partial charge in [0.1, 0.15) is 24.2 Å². The number of thiazole rings is 1. The molecule has 2 atom stereocenters. The molecule has 0 aliphatic carbocycles. The number of carbonyl (C=O) groups excluding carboxylic acids is 3. The van der Waals surface area contributed by atoms with E-state index in [4.69, 9.17) is 10.6 Å². The maximum Gasteiger partial charge on any atom is 0.276 e. The number of carboxylic acid groups (broad SMARTS) is 1. The second kappa shape index (κ2) is 9.28. The number of hydrogen-bond donors (Lipinski definition) is 2. The molecule has 1 unspecified atom stereocenters. The zero-order chi connectivity index (χ0) is 24.7. The number of oxime groups is 1. The van der Waals surface area contributed by atoms with Crippen molar-refractivity contribution in [1.82, 2.24) is 15.2 Å². The number of pyridine rings is 1. The van der Waals surface area contributed by atoms with Gasteiger partial charge in [-0.1, -0.05) is 5.16 Å². The third-order valence-corrected chi connectivity index (χ3v) is 8.42. The molecule has 1 fully saturated rings. The number of fused-ring (bicyclic) bond motifs is 2. The number of rotatable bonds is 7. The number of nitrogen functional groups attached to an aromatic ring is 1. The van der Waals surface area contributed by atoms with E-state index in [0.717, 1.165) is 21.4 Å². The van der Waals surface area contributed by atoms with Crippen LogP contribution in [0.1, 0.15) is 5.69 Å². The number of thiophene rings is 1. The van der Waals surface area contributed by atoms with Gasteiger partial charge in [-0.2, -0.15) is 0 Å². The number of amides is 2. The van der Waals surface area contributed by atoms with Crippen LogP contribution in [0, 0.1) is 0 Å². The molecule has 0 radical (unpaired) electrons. The van der Waals surface area contributed by atoms with Gasteiger partial charge in [0.25, 0.3) is 11.8 Å². The minimum atomic E-state index is -1.43.